The molecular weight excluding hydrogens is 342 g/mol. The molecule has 0 atom stereocenters. The summed E-state index contributed by atoms with van der Waals surface area (Å²) in [6.07, 6.45) is 0. The Morgan fingerprint density at radius 1 is 0.400 bits per heavy atom. The molecule has 1 radical (unpaired) electrons. The van der Waals surface area contributed by atoms with Gasteiger partial charge in [0, 0.05) is 0 Å². The molecule has 0 bridgehead atoms. The second-order valence-corrected chi connectivity index (χ2v) is 11.6. The number of rotatable bonds is 3. The van der Waals surface area contributed by atoms with Gasteiger partial charge in [0.2, 0.25) is 0 Å². The molecule has 0 aliphatic carbocycles. The molecule has 0 heterocycles. The van der Waals surface area contributed by atoms with Crippen LogP contribution in [-0.4, -0.2) is 38.6 Å². The van der Waals surface area contributed by atoms with E-state index >= 15 is 0 Å². The van der Waals surface area contributed by atoms with Crippen molar-refractivity contribution >= 4 is 49.4 Å². The van der Waals surface area contributed by atoms with Crippen molar-refractivity contribution < 1.29 is 0 Å². The van der Waals surface area contributed by atoms with Gasteiger partial charge in [0.1, 0.15) is 0 Å². The molecular formula is C18H16LiSn. The summed E-state index contributed by atoms with van der Waals surface area (Å²) < 4.78 is 4.59. The summed E-state index contributed by atoms with van der Waals surface area (Å²) in [5.41, 5.74) is 0. The summed E-state index contributed by atoms with van der Waals surface area (Å²) in [5, 5.41) is 0. The molecule has 0 nitrogen and oxygen atoms in total. The Labute approximate surface area is 139 Å². The first-order valence-electron chi connectivity index (χ1n) is 6.48. The minimum absolute atomic E-state index is 0. The molecule has 0 aromatic heterocycles. The normalized spacial score (nSPS) is 10.1. The summed E-state index contributed by atoms with van der Waals surface area (Å²) in [6.45, 7) is 0. The first kappa shape index (κ1) is 15.4. The molecule has 0 fully saturated rings. The topological polar surface area (TPSA) is 0 Å². The van der Waals surface area contributed by atoms with Crippen molar-refractivity contribution in [3.05, 3.63) is 91.0 Å². The molecule has 3 rings (SSSR count). The van der Waals surface area contributed by atoms with E-state index in [0.29, 0.717) is 0 Å². The van der Waals surface area contributed by atoms with E-state index in [0.717, 1.165) is 0 Å². The molecule has 0 spiro atoms. The second kappa shape index (κ2) is 7.74. The SMILES string of the molecule is [LiH].c1cc[c]([Sn]([c]2ccccc2)[c]2ccccc2)cc1. The van der Waals surface area contributed by atoms with Crippen molar-refractivity contribution in [2.45, 2.75) is 0 Å². The van der Waals surface area contributed by atoms with Crippen LogP contribution in [0, 0.1) is 0 Å². The van der Waals surface area contributed by atoms with Crippen molar-refractivity contribution in [3.8, 4) is 0 Å². The van der Waals surface area contributed by atoms with E-state index in [1.165, 1.54) is 10.7 Å². The first-order valence-corrected chi connectivity index (χ1v) is 10.8. The van der Waals surface area contributed by atoms with Gasteiger partial charge in [-0.3, -0.25) is 0 Å². The fourth-order valence-electron chi connectivity index (χ4n) is 2.31. The molecule has 0 amide bonds. The molecule has 0 N–H and O–H groups in total. The monoisotopic (exact) mass is 359 g/mol. The Balaban J connectivity index is 0.00000147. The predicted octanol–water partition coefficient (Wildman–Crippen LogP) is 1.55. The van der Waals surface area contributed by atoms with Crippen LogP contribution < -0.4 is 10.7 Å². The van der Waals surface area contributed by atoms with Gasteiger partial charge in [0.15, 0.2) is 0 Å². The van der Waals surface area contributed by atoms with Gasteiger partial charge in [0.25, 0.3) is 0 Å². The fraction of sp³-hybridized carbons (Fsp3) is 0. The third kappa shape index (κ3) is 3.58. The maximum atomic E-state index is 2.29. The van der Waals surface area contributed by atoms with E-state index < -0.39 is 19.8 Å². The standard InChI is InChI=1S/3C6H5.Li.Sn.H/c3*1-2-4-6-5-3-1;;;/h3*1-5H;;;. The quantitative estimate of drug-likeness (QED) is 0.624. The Kier molecular flexibility index (Phi) is 5.97. The fourth-order valence-corrected chi connectivity index (χ4v) is 9.67. The van der Waals surface area contributed by atoms with E-state index in [9.17, 15) is 0 Å². The van der Waals surface area contributed by atoms with Gasteiger partial charge in [-0.25, -0.2) is 0 Å². The molecule has 0 aliphatic rings. The van der Waals surface area contributed by atoms with Gasteiger partial charge in [-0.05, 0) is 0 Å². The maximum absolute atomic E-state index is 2.29. The van der Waals surface area contributed by atoms with Crippen molar-refractivity contribution in [2.24, 2.45) is 0 Å². The van der Waals surface area contributed by atoms with Crippen LogP contribution in [0.1, 0.15) is 0 Å². The summed E-state index contributed by atoms with van der Waals surface area (Å²) in [7, 11) is 0. The summed E-state index contributed by atoms with van der Waals surface area (Å²) in [6, 6.07) is 32.9. The molecule has 2 heteroatoms. The third-order valence-electron chi connectivity index (χ3n) is 3.19. The van der Waals surface area contributed by atoms with Crippen LogP contribution >= 0.6 is 0 Å². The van der Waals surface area contributed by atoms with E-state index in [1.54, 1.807) is 0 Å². The zero-order chi connectivity index (χ0) is 12.9. The van der Waals surface area contributed by atoms with Gasteiger partial charge >= 0.3 is 140 Å². The summed E-state index contributed by atoms with van der Waals surface area (Å²) >= 11 is -1.98. The van der Waals surface area contributed by atoms with Gasteiger partial charge in [-0.2, -0.15) is 0 Å². The summed E-state index contributed by atoms with van der Waals surface area (Å²) in [4.78, 5) is 0. The van der Waals surface area contributed by atoms with Gasteiger partial charge in [-0.15, -0.1) is 0 Å². The van der Waals surface area contributed by atoms with E-state index in [4.69, 9.17) is 0 Å². The van der Waals surface area contributed by atoms with Gasteiger partial charge in [-0.1, -0.05) is 0 Å². The molecule has 0 aliphatic heterocycles. The average molecular weight is 358 g/mol. The van der Waals surface area contributed by atoms with Crippen molar-refractivity contribution in [1.29, 1.82) is 0 Å². The molecule has 0 unspecified atom stereocenters. The van der Waals surface area contributed by atoms with E-state index in [2.05, 4.69) is 91.0 Å². The first-order chi connectivity index (χ1) is 9.45. The van der Waals surface area contributed by atoms with Crippen LogP contribution in [0.4, 0.5) is 0 Å². The van der Waals surface area contributed by atoms with Crippen molar-refractivity contribution in [2.75, 3.05) is 0 Å². The molecule has 3 aromatic rings. The van der Waals surface area contributed by atoms with Gasteiger partial charge in [0.05, 0.1) is 0 Å². The molecule has 93 valence electrons. The Hall–Kier alpha value is -0.944. The minimum atomic E-state index is -1.98. The van der Waals surface area contributed by atoms with E-state index in [-0.39, 0.29) is 18.9 Å². The number of hydrogen-bond donors (Lipinski definition) is 0. The summed E-state index contributed by atoms with van der Waals surface area (Å²) in [5.74, 6) is 0. The van der Waals surface area contributed by atoms with Crippen molar-refractivity contribution in [3.63, 3.8) is 0 Å². The molecule has 0 saturated heterocycles. The van der Waals surface area contributed by atoms with Crippen LogP contribution in [0.2, 0.25) is 0 Å². The zero-order valence-corrected chi connectivity index (χ0v) is 13.5. The van der Waals surface area contributed by atoms with Crippen LogP contribution in [0.25, 0.3) is 0 Å². The second-order valence-electron chi connectivity index (χ2n) is 4.47. The molecule has 20 heavy (non-hydrogen) atoms. The van der Waals surface area contributed by atoms with Gasteiger partial charge < -0.3 is 0 Å². The Bertz CT molecular complexity index is 529. The zero-order valence-electron chi connectivity index (χ0n) is 10.7. The Morgan fingerprint density at radius 3 is 0.900 bits per heavy atom. The predicted molar refractivity (Wildman–Crippen MR) is 91.1 cm³/mol. The van der Waals surface area contributed by atoms with Crippen LogP contribution in [0.3, 0.4) is 0 Å². The third-order valence-corrected chi connectivity index (χ3v) is 11.0. The van der Waals surface area contributed by atoms with Crippen LogP contribution in [0.5, 0.6) is 0 Å². The number of benzene rings is 3. The molecule has 3 aromatic carbocycles. The number of hydrogen-bond acceptors (Lipinski definition) is 0. The average Bonchev–Trinajstić information content (AvgIpc) is 2.51. The Morgan fingerprint density at radius 2 is 0.650 bits per heavy atom. The van der Waals surface area contributed by atoms with Crippen molar-refractivity contribution in [1.82, 2.24) is 0 Å². The van der Waals surface area contributed by atoms with Crippen LogP contribution in [-0.2, 0) is 0 Å². The molecule has 0 saturated carbocycles. The van der Waals surface area contributed by atoms with Crippen LogP contribution in [0.15, 0.2) is 91.0 Å². The van der Waals surface area contributed by atoms with E-state index in [1.807, 2.05) is 0 Å².